The van der Waals surface area contributed by atoms with Crippen LogP contribution in [0.1, 0.15) is 25.8 Å². The van der Waals surface area contributed by atoms with Gasteiger partial charge in [-0.25, -0.2) is 4.39 Å². The van der Waals surface area contributed by atoms with E-state index in [4.69, 9.17) is 5.73 Å². The Labute approximate surface area is 98.3 Å². The Bertz CT molecular complexity index is 385. The number of hydrogen-bond acceptors (Lipinski definition) is 1. The number of benzene rings is 1. The smallest absolute Gasteiger partial charge is 0.137 e. The zero-order chi connectivity index (χ0) is 11.6. The lowest BCUT2D eigenvalue weighted by atomic mass is 9.87. The molecule has 0 spiro atoms. The van der Waals surface area contributed by atoms with E-state index in [1.54, 1.807) is 12.1 Å². The normalized spacial score (nSPS) is 14.7. The summed E-state index contributed by atoms with van der Waals surface area (Å²) < 4.78 is 13.5. The quantitative estimate of drug-likeness (QED) is 0.834. The summed E-state index contributed by atoms with van der Waals surface area (Å²) in [6, 6.07) is 4.85. The molecule has 0 amide bonds. The monoisotopic (exact) mass is 271 g/mol. The molecule has 0 radical (unpaired) electrons. The van der Waals surface area contributed by atoms with Gasteiger partial charge in [0.15, 0.2) is 0 Å². The van der Waals surface area contributed by atoms with Crippen molar-refractivity contribution in [1.29, 1.82) is 0 Å². The summed E-state index contributed by atoms with van der Waals surface area (Å²) in [5.41, 5.74) is 7.57. The first-order chi connectivity index (χ1) is 6.83. The maximum absolute atomic E-state index is 13.0. The standard InChI is InChI=1S/C12H15BrFN/c1-8(2)7-12(3,15)9-4-5-11(14)10(13)6-9/h4-6H,1,7,15H2,2-3H3. The van der Waals surface area contributed by atoms with Crippen LogP contribution in [0.2, 0.25) is 0 Å². The number of halogens is 2. The van der Waals surface area contributed by atoms with Crippen LogP contribution in [0, 0.1) is 5.82 Å². The predicted molar refractivity (Wildman–Crippen MR) is 65.1 cm³/mol. The molecule has 1 rings (SSSR count). The van der Waals surface area contributed by atoms with E-state index in [9.17, 15) is 4.39 Å². The maximum Gasteiger partial charge on any atom is 0.137 e. The minimum atomic E-state index is -0.498. The fourth-order valence-corrected chi connectivity index (χ4v) is 1.96. The molecule has 0 aliphatic carbocycles. The fourth-order valence-electron chi connectivity index (χ4n) is 1.58. The summed E-state index contributed by atoms with van der Waals surface area (Å²) in [5.74, 6) is -0.273. The molecular formula is C12H15BrFN. The molecule has 1 aromatic rings. The lowest BCUT2D eigenvalue weighted by Gasteiger charge is -2.25. The Hall–Kier alpha value is -0.670. The third-order valence-corrected chi connectivity index (χ3v) is 2.86. The Morgan fingerprint density at radius 3 is 2.67 bits per heavy atom. The summed E-state index contributed by atoms with van der Waals surface area (Å²) >= 11 is 3.15. The number of nitrogens with two attached hydrogens (primary N) is 1. The highest BCUT2D eigenvalue weighted by atomic mass is 79.9. The molecule has 1 unspecified atom stereocenters. The molecule has 1 atom stereocenters. The molecule has 15 heavy (non-hydrogen) atoms. The van der Waals surface area contributed by atoms with Gasteiger partial charge in [0.2, 0.25) is 0 Å². The number of hydrogen-bond donors (Lipinski definition) is 1. The van der Waals surface area contributed by atoms with Gasteiger partial charge in [0.05, 0.1) is 4.47 Å². The van der Waals surface area contributed by atoms with Crippen molar-refractivity contribution in [3.8, 4) is 0 Å². The molecule has 82 valence electrons. The lowest BCUT2D eigenvalue weighted by Crippen LogP contribution is -2.33. The SMILES string of the molecule is C=C(C)CC(C)(N)c1ccc(F)c(Br)c1. The van der Waals surface area contributed by atoms with E-state index in [0.29, 0.717) is 10.9 Å². The van der Waals surface area contributed by atoms with Crippen LogP contribution in [-0.4, -0.2) is 0 Å². The molecule has 2 N–H and O–H groups in total. The second kappa shape index (κ2) is 4.45. The maximum atomic E-state index is 13.0. The van der Waals surface area contributed by atoms with Crippen molar-refractivity contribution in [3.63, 3.8) is 0 Å². The average Bonchev–Trinajstić information content (AvgIpc) is 2.07. The molecular weight excluding hydrogens is 257 g/mol. The van der Waals surface area contributed by atoms with Crippen LogP contribution in [0.5, 0.6) is 0 Å². The van der Waals surface area contributed by atoms with Gasteiger partial charge in [-0.05, 0) is 53.9 Å². The van der Waals surface area contributed by atoms with Crippen LogP contribution >= 0.6 is 15.9 Å². The minimum absolute atomic E-state index is 0.273. The minimum Gasteiger partial charge on any atom is -0.321 e. The van der Waals surface area contributed by atoms with Gasteiger partial charge < -0.3 is 5.73 Å². The van der Waals surface area contributed by atoms with Gasteiger partial charge >= 0.3 is 0 Å². The Balaban J connectivity index is 3.04. The first-order valence-corrected chi connectivity index (χ1v) is 5.51. The highest BCUT2D eigenvalue weighted by molar-refractivity contribution is 9.10. The third kappa shape index (κ3) is 3.14. The van der Waals surface area contributed by atoms with Crippen molar-refractivity contribution in [2.24, 2.45) is 5.73 Å². The van der Waals surface area contributed by atoms with Gasteiger partial charge in [-0.1, -0.05) is 11.6 Å². The van der Waals surface area contributed by atoms with Crippen molar-refractivity contribution in [3.05, 3.63) is 46.2 Å². The summed E-state index contributed by atoms with van der Waals surface area (Å²) in [4.78, 5) is 0. The summed E-state index contributed by atoms with van der Waals surface area (Å²) in [7, 11) is 0. The summed E-state index contributed by atoms with van der Waals surface area (Å²) in [5, 5.41) is 0. The Morgan fingerprint density at radius 1 is 1.60 bits per heavy atom. The van der Waals surface area contributed by atoms with Gasteiger partial charge in [-0.2, -0.15) is 0 Å². The molecule has 1 nitrogen and oxygen atoms in total. The topological polar surface area (TPSA) is 26.0 Å². The highest BCUT2D eigenvalue weighted by Crippen LogP contribution is 2.28. The van der Waals surface area contributed by atoms with E-state index < -0.39 is 5.54 Å². The second-order valence-electron chi connectivity index (χ2n) is 4.18. The van der Waals surface area contributed by atoms with E-state index >= 15 is 0 Å². The fraction of sp³-hybridized carbons (Fsp3) is 0.333. The van der Waals surface area contributed by atoms with Gasteiger partial charge in [0, 0.05) is 5.54 Å². The van der Waals surface area contributed by atoms with Gasteiger partial charge in [-0.15, -0.1) is 6.58 Å². The van der Waals surface area contributed by atoms with Crippen LogP contribution in [0.4, 0.5) is 4.39 Å². The highest BCUT2D eigenvalue weighted by Gasteiger charge is 2.21. The van der Waals surface area contributed by atoms with Crippen LogP contribution in [-0.2, 0) is 5.54 Å². The summed E-state index contributed by atoms with van der Waals surface area (Å²) in [6.07, 6.45) is 0.686. The van der Waals surface area contributed by atoms with Crippen molar-refractivity contribution >= 4 is 15.9 Å². The van der Waals surface area contributed by atoms with Crippen molar-refractivity contribution in [1.82, 2.24) is 0 Å². The molecule has 0 aliphatic heterocycles. The van der Waals surface area contributed by atoms with E-state index in [-0.39, 0.29) is 5.82 Å². The van der Waals surface area contributed by atoms with Crippen LogP contribution in [0.15, 0.2) is 34.8 Å². The largest absolute Gasteiger partial charge is 0.321 e. The van der Waals surface area contributed by atoms with Crippen LogP contribution in [0.3, 0.4) is 0 Å². The molecule has 3 heteroatoms. The first kappa shape index (κ1) is 12.4. The molecule has 1 aromatic carbocycles. The molecule has 0 bridgehead atoms. The third-order valence-electron chi connectivity index (χ3n) is 2.25. The summed E-state index contributed by atoms with van der Waals surface area (Å²) in [6.45, 7) is 7.69. The molecule has 0 saturated heterocycles. The van der Waals surface area contributed by atoms with Crippen molar-refractivity contribution in [2.45, 2.75) is 25.8 Å². The molecule has 0 aromatic heterocycles. The van der Waals surface area contributed by atoms with Gasteiger partial charge in [0.1, 0.15) is 5.82 Å². The van der Waals surface area contributed by atoms with Crippen molar-refractivity contribution in [2.75, 3.05) is 0 Å². The van der Waals surface area contributed by atoms with Crippen molar-refractivity contribution < 1.29 is 4.39 Å². The molecule has 0 saturated carbocycles. The molecule has 0 fully saturated rings. The first-order valence-electron chi connectivity index (χ1n) is 4.72. The number of rotatable bonds is 3. The van der Waals surface area contributed by atoms with Gasteiger partial charge in [0.25, 0.3) is 0 Å². The van der Waals surface area contributed by atoms with E-state index in [1.165, 1.54) is 6.07 Å². The van der Waals surface area contributed by atoms with Crippen LogP contribution in [0.25, 0.3) is 0 Å². The lowest BCUT2D eigenvalue weighted by molar-refractivity contribution is 0.488. The average molecular weight is 272 g/mol. The van der Waals surface area contributed by atoms with Gasteiger partial charge in [-0.3, -0.25) is 0 Å². The predicted octanol–water partition coefficient (Wildman–Crippen LogP) is 3.73. The molecule has 0 heterocycles. The van der Waals surface area contributed by atoms with E-state index in [1.807, 2.05) is 13.8 Å². The zero-order valence-corrected chi connectivity index (χ0v) is 10.6. The van der Waals surface area contributed by atoms with E-state index in [0.717, 1.165) is 11.1 Å². The second-order valence-corrected chi connectivity index (χ2v) is 5.03. The van der Waals surface area contributed by atoms with Crippen LogP contribution < -0.4 is 5.73 Å². The molecule has 0 aliphatic rings. The zero-order valence-electron chi connectivity index (χ0n) is 8.98. The van der Waals surface area contributed by atoms with E-state index in [2.05, 4.69) is 22.5 Å². The Morgan fingerprint density at radius 2 is 2.20 bits per heavy atom. The Kier molecular flexibility index (Phi) is 3.68.